The minimum absolute atomic E-state index is 0.0625. The third kappa shape index (κ3) is 4.20. The second-order valence-corrected chi connectivity index (χ2v) is 5.60. The standard InChI is InChI=1S/C18H24N2O2/c1-3-15(4-2)19-17(21)12-9-14-7-10-16(11-8-14)20-13-5-6-18(20)22/h7-12,15H,3-6,13H2,1-2H3,(H,19,21)/b12-9+. The van der Waals surface area contributed by atoms with Crippen LogP contribution in [0.4, 0.5) is 5.69 Å². The zero-order chi connectivity index (χ0) is 15.9. The molecule has 0 atom stereocenters. The number of carbonyl (C=O) groups is 2. The molecule has 0 bridgehead atoms. The van der Waals surface area contributed by atoms with Gasteiger partial charge in [0.2, 0.25) is 11.8 Å². The van der Waals surface area contributed by atoms with Gasteiger partial charge in [-0.15, -0.1) is 0 Å². The van der Waals surface area contributed by atoms with Crippen molar-refractivity contribution >= 4 is 23.6 Å². The number of rotatable bonds is 6. The van der Waals surface area contributed by atoms with Crippen LogP contribution in [0.15, 0.2) is 30.3 Å². The average molecular weight is 300 g/mol. The Balaban J connectivity index is 1.94. The van der Waals surface area contributed by atoms with Crippen molar-refractivity contribution in [1.82, 2.24) is 5.32 Å². The topological polar surface area (TPSA) is 49.4 Å². The maximum absolute atomic E-state index is 11.8. The Hall–Kier alpha value is -2.10. The molecule has 0 unspecified atom stereocenters. The summed E-state index contributed by atoms with van der Waals surface area (Å²) < 4.78 is 0. The van der Waals surface area contributed by atoms with Crippen LogP contribution < -0.4 is 10.2 Å². The predicted molar refractivity (Wildman–Crippen MR) is 89.6 cm³/mol. The highest BCUT2D eigenvalue weighted by Gasteiger charge is 2.21. The number of nitrogens with one attached hydrogen (secondary N) is 1. The van der Waals surface area contributed by atoms with Gasteiger partial charge in [-0.05, 0) is 43.0 Å². The summed E-state index contributed by atoms with van der Waals surface area (Å²) in [5.74, 6) is 0.125. The van der Waals surface area contributed by atoms with E-state index in [0.717, 1.165) is 37.1 Å². The molecule has 118 valence electrons. The van der Waals surface area contributed by atoms with Gasteiger partial charge in [0.1, 0.15) is 0 Å². The first-order chi connectivity index (χ1) is 10.6. The fourth-order valence-electron chi connectivity index (χ4n) is 2.60. The molecular formula is C18H24N2O2. The zero-order valence-corrected chi connectivity index (χ0v) is 13.3. The molecule has 1 aromatic carbocycles. The number of anilines is 1. The van der Waals surface area contributed by atoms with E-state index in [1.165, 1.54) is 0 Å². The Kier molecular flexibility index (Phi) is 5.75. The fraction of sp³-hybridized carbons (Fsp3) is 0.444. The summed E-state index contributed by atoms with van der Waals surface area (Å²) in [7, 11) is 0. The lowest BCUT2D eigenvalue weighted by atomic mass is 10.1. The number of nitrogens with zero attached hydrogens (tertiary/aromatic N) is 1. The van der Waals surface area contributed by atoms with Crippen molar-refractivity contribution in [3.63, 3.8) is 0 Å². The summed E-state index contributed by atoms with van der Waals surface area (Å²) in [6.07, 6.45) is 6.81. The molecule has 4 heteroatoms. The highest BCUT2D eigenvalue weighted by molar-refractivity contribution is 5.95. The van der Waals surface area contributed by atoms with Gasteiger partial charge in [0.15, 0.2) is 0 Å². The summed E-state index contributed by atoms with van der Waals surface area (Å²) in [4.78, 5) is 25.3. The van der Waals surface area contributed by atoms with E-state index >= 15 is 0 Å². The van der Waals surface area contributed by atoms with Crippen molar-refractivity contribution < 1.29 is 9.59 Å². The minimum atomic E-state index is -0.0625. The molecule has 2 rings (SSSR count). The first-order valence-corrected chi connectivity index (χ1v) is 8.03. The van der Waals surface area contributed by atoms with Crippen LogP contribution in [0.5, 0.6) is 0 Å². The Labute approximate surface area is 132 Å². The smallest absolute Gasteiger partial charge is 0.244 e. The maximum atomic E-state index is 11.8. The van der Waals surface area contributed by atoms with E-state index in [9.17, 15) is 9.59 Å². The molecule has 2 amide bonds. The molecule has 1 heterocycles. The van der Waals surface area contributed by atoms with Gasteiger partial charge < -0.3 is 10.2 Å². The molecule has 0 spiro atoms. The third-order valence-corrected chi connectivity index (χ3v) is 4.04. The molecule has 1 saturated heterocycles. The Morgan fingerprint density at radius 1 is 1.27 bits per heavy atom. The molecule has 1 fully saturated rings. The van der Waals surface area contributed by atoms with Crippen LogP contribution in [0.3, 0.4) is 0 Å². The SMILES string of the molecule is CCC(CC)NC(=O)/C=C/c1ccc(N2CCCC2=O)cc1. The number of amides is 2. The van der Waals surface area contributed by atoms with E-state index in [1.54, 1.807) is 12.2 Å². The molecule has 1 aromatic rings. The Morgan fingerprint density at radius 2 is 1.95 bits per heavy atom. The van der Waals surface area contributed by atoms with Crippen molar-refractivity contribution in [1.29, 1.82) is 0 Å². The third-order valence-electron chi connectivity index (χ3n) is 4.04. The van der Waals surface area contributed by atoms with Crippen LogP contribution in [0.25, 0.3) is 6.08 Å². The lowest BCUT2D eigenvalue weighted by molar-refractivity contribution is -0.117. The normalized spacial score (nSPS) is 15.0. The number of carbonyl (C=O) groups excluding carboxylic acids is 2. The van der Waals surface area contributed by atoms with Gasteiger partial charge in [-0.1, -0.05) is 26.0 Å². The first-order valence-electron chi connectivity index (χ1n) is 8.03. The minimum Gasteiger partial charge on any atom is -0.350 e. The molecular weight excluding hydrogens is 276 g/mol. The van der Waals surface area contributed by atoms with Gasteiger partial charge in [-0.25, -0.2) is 0 Å². The van der Waals surface area contributed by atoms with E-state index in [-0.39, 0.29) is 17.9 Å². The van der Waals surface area contributed by atoms with E-state index in [4.69, 9.17) is 0 Å². The van der Waals surface area contributed by atoms with E-state index in [1.807, 2.05) is 29.2 Å². The summed E-state index contributed by atoms with van der Waals surface area (Å²) in [6, 6.07) is 7.97. The van der Waals surface area contributed by atoms with Gasteiger partial charge in [-0.2, -0.15) is 0 Å². The van der Waals surface area contributed by atoms with E-state index in [2.05, 4.69) is 19.2 Å². The quantitative estimate of drug-likeness (QED) is 0.821. The van der Waals surface area contributed by atoms with Crippen molar-refractivity contribution in [2.75, 3.05) is 11.4 Å². The summed E-state index contributed by atoms with van der Waals surface area (Å²) in [6.45, 7) is 4.93. The van der Waals surface area contributed by atoms with Crippen LogP contribution >= 0.6 is 0 Å². The second-order valence-electron chi connectivity index (χ2n) is 5.60. The summed E-state index contributed by atoms with van der Waals surface area (Å²) >= 11 is 0. The molecule has 0 aromatic heterocycles. The van der Waals surface area contributed by atoms with Crippen LogP contribution in [0.2, 0.25) is 0 Å². The van der Waals surface area contributed by atoms with Crippen molar-refractivity contribution in [2.24, 2.45) is 0 Å². The highest BCUT2D eigenvalue weighted by Crippen LogP contribution is 2.21. The van der Waals surface area contributed by atoms with Gasteiger partial charge in [0.25, 0.3) is 0 Å². The van der Waals surface area contributed by atoms with E-state index in [0.29, 0.717) is 6.42 Å². The van der Waals surface area contributed by atoms with Gasteiger partial charge >= 0.3 is 0 Å². The zero-order valence-electron chi connectivity index (χ0n) is 13.3. The van der Waals surface area contributed by atoms with E-state index < -0.39 is 0 Å². The number of hydrogen-bond acceptors (Lipinski definition) is 2. The molecule has 1 N–H and O–H groups in total. The Morgan fingerprint density at radius 3 is 2.50 bits per heavy atom. The van der Waals surface area contributed by atoms with Crippen LogP contribution in [-0.4, -0.2) is 24.4 Å². The van der Waals surface area contributed by atoms with Crippen molar-refractivity contribution in [3.05, 3.63) is 35.9 Å². The van der Waals surface area contributed by atoms with Gasteiger partial charge in [0.05, 0.1) is 0 Å². The fourth-order valence-corrected chi connectivity index (χ4v) is 2.60. The molecule has 1 aliphatic rings. The highest BCUT2D eigenvalue weighted by atomic mass is 16.2. The average Bonchev–Trinajstić information content (AvgIpc) is 2.97. The van der Waals surface area contributed by atoms with Gasteiger partial charge in [0, 0.05) is 30.8 Å². The van der Waals surface area contributed by atoms with Crippen molar-refractivity contribution in [2.45, 2.75) is 45.6 Å². The van der Waals surface area contributed by atoms with Crippen LogP contribution in [0.1, 0.15) is 45.1 Å². The molecule has 22 heavy (non-hydrogen) atoms. The first kappa shape index (κ1) is 16.3. The van der Waals surface area contributed by atoms with Crippen molar-refractivity contribution in [3.8, 4) is 0 Å². The van der Waals surface area contributed by atoms with Crippen LogP contribution in [0, 0.1) is 0 Å². The molecule has 4 nitrogen and oxygen atoms in total. The lowest BCUT2D eigenvalue weighted by Crippen LogP contribution is -2.32. The van der Waals surface area contributed by atoms with Gasteiger partial charge in [-0.3, -0.25) is 9.59 Å². The predicted octanol–water partition coefficient (Wildman–Crippen LogP) is 3.13. The largest absolute Gasteiger partial charge is 0.350 e. The van der Waals surface area contributed by atoms with Crippen LogP contribution in [-0.2, 0) is 9.59 Å². The monoisotopic (exact) mass is 300 g/mol. The number of benzene rings is 1. The Bertz CT molecular complexity index is 545. The lowest BCUT2D eigenvalue weighted by Gasteiger charge is -2.15. The molecule has 0 aliphatic carbocycles. The second kappa shape index (κ2) is 7.78. The molecule has 0 saturated carbocycles. The summed E-state index contributed by atoms with van der Waals surface area (Å²) in [5.41, 5.74) is 1.89. The molecule has 0 radical (unpaired) electrons. The maximum Gasteiger partial charge on any atom is 0.244 e. The summed E-state index contributed by atoms with van der Waals surface area (Å²) in [5, 5.41) is 2.97. The molecule has 1 aliphatic heterocycles. The number of hydrogen-bond donors (Lipinski definition) is 1.